The SMILES string of the molecule is O=C(CN1C(=O)NC2(CCCC2)C1=O)Nc1ccc(F)c(NC(=O)CCN2CCOCC2)c1. The number of nitrogens with one attached hydrogen (secondary N) is 3. The van der Waals surface area contributed by atoms with Gasteiger partial charge in [-0.1, -0.05) is 12.8 Å². The third kappa shape index (κ3) is 5.31. The number of carbonyl (C=O) groups is 4. The first-order chi connectivity index (χ1) is 15.9. The number of ether oxygens (including phenoxy) is 1. The van der Waals surface area contributed by atoms with Gasteiger partial charge in [-0.15, -0.1) is 0 Å². The summed E-state index contributed by atoms with van der Waals surface area (Å²) in [7, 11) is 0. The molecule has 4 rings (SSSR count). The van der Waals surface area contributed by atoms with Crippen molar-refractivity contribution in [2.45, 2.75) is 37.6 Å². The molecule has 2 saturated heterocycles. The minimum Gasteiger partial charge on any atom is -0.379 e. The number of halogens is 1. The van der Waals surface area contributed by atoms with Crippen LogP contribution in [0.2, 0.25) is 0 Å². The number of benzene rings is 1. The first kappa shape index (κ1) is 23.1. The molecule has 5 amide bonds. The minimum absolute atomic E-state index is 0.0559. The number of morpholine rings is 1. The van der Waals surface area contributed by atoms with Crippen LogP contribution >= 0.6 is 0 Å². The van der Waals surface area contributed by atoms with Gasteiger partial charge < -0.3 is 20.7 Å². The lowest BCUT2D eigenvalue weighted by molar-refractivity contribution is -0.133. The van der Waals surface area contributed by atoms with Gasteiger partial charge in [0.2, 0.25) is 11.8 Å². The highest BCUT2D eigenvalue weighted by molar-refractivity contribution is 6.10. The molecule has 33 heavy (non-hydrogen) atoms. The predicted molar refractivity (Wildman–Crippen MR) is 117 cm³/mol. The Morgan fingerprint density at radius 3 is 2.55 bits per heavy atom. The van der Waals surface area contributed by atoms with Crippen LogP contribution in [-0.4, -0.2) is 78.5 Å². The Balaban J connectivity index is 1.31. The van der Waals surface area contributed by atoms with Gasteiger partial charge in [-0.3, -0.25) is 24.2 Å². The van der Waals surface area contributed by atoms with Crippen LogP contribution in [0.4, 0.5) is 20.6 Å². The molecule has 0 bridgehead atoms. The quantitative estimate of drug-likeness (QED) is 0.527. The van der Waals surface area contributed by atoms with E-state index < -0.39 is 29.8 Å². The summed E-state index contributed by atoms with van der Waals surface area (Å²) in [6, 6.07) is 3.21. The summed E-state index contributed by atoms with van der Waals surface area (Å²) in [6.07, 6.45) is 3.04. The van der Waals surface area contributed by atoms with E-state index in [-0.39, 0.29) is 29.6 Å². The summed E-state index contributed by atoms with van der Waals surface area (Å²) in [6.45, 7) is 2.86. The van der Waals surface area contributed by atoms with Crippen LogP contribution in [0.25, 0.3) is 0 Å². The summed E-state index contributed by atoms with van der Waals surface area (Å²) < 4.78 is 19.5. The first-order valence-corrected chi connectivity index (χ1v) is 11.2. The van der Waals surface area contributed by atoms with Gasteiger partial charge in [0.1, 0.15) is 17.9 Å². The van der Waals surface area contributed by atoms with E-state index in [0.717, 1.165) is 36.9 Å². The number of hydrogen-bond donors (Lipinski definition) is 3. The fourth-order valence-corrected chi connectivity index (χ4v) is 4.48. The molecule has 1 spiro atoms. The van der Waals surface area contributed by atoms with Crippen molar-refractivity contribution in [3.63, 3.8) is 0 Å². The molecule has 1 aliphatic carbocycles. The highest BCUT2D eigenvalue weighted by Gasteiger charge is 2.52. The molecule has 1 saturated carbocycles. The van der Waals surface area contributed by atoms with Crippen molar-refractivity contribution in [1.29, 1.82) is 0 Å². The Hall–Kier alpha value is -3.05. The second kappa shape index (κ2) is 9.84. The van der Waals surface area contributed by atoms with Gasteiger partial charge in [0.05, 0.1) is 18.9 Å². The van der Waals surface area contributed by atoms with Gasteiger partial charge in [0.15, 0.2) is 0 Å². The van der Waals surface area contributed by atoms with E-state index in [1.807, 2.05) is 0 Å². The van der Waals surface area contributed by atoms with E-state index in [4.69, 9.17) is 4.74 Å². The maximum absolute atomic E-state index is 14.2. The molecule has 3 fully saturated rings. The molecule has 2 heterocycles. The van der Waals surface area contributed by atoms with Gasteiger partial charge in [-0.05, 0) is 31.0 Å². The summed E-state index contributed by atoms with van der Waals surface area (Å²) in [5, 5.41) is 7.81. The number of rotatable bonds is 7. The average molecular weight is 461 g/mol. The first-order valence-electron chi connectivity index (χ1n) is 11.2. The number of urea groups is 1. The highest BCUT2D eigenvalue weighted by Crippen LogP contribution is 2.35. The van der Waals surface area contributed by atoms with E-state index in [1.54, 1.807) is 0 Å². The van der Waals surface area contributed by atoms with Crippen LogP contribution in [0, 0.1) is 5.82 Å². The van der Waals surface area contributed by atoms with E-state index in [2.05, 4.69) is 20.9 Å². The molecule has 11 heteroatoms. The van der Waals surface area contributed by atoms with E-state index in [1.165, 1.54) is 12.1 Å². The van der Waals surface area contributed by atoms with Crippen molar-refractivity contribution in [3.05, 3.63) is 24.0 Å². The molecular formula is C22H28FN5O5. The van der Waals surface area contributed by atoms with Crippen molar-refractivity contribution < 1.29 is 28.3 Å². The van der Waals surface area contributed by atoms with Crippen LogP contribution < -0.4 is 16.0 Å². The summed E-state index contributed by atoms with van der Waals surface area (Å²) in [5.41, 5.74) is -0.696. The number of nitrogens with zero attached hydrogens (tertiary/aromatic N) is 2. The third-order valence-electron chi connectivity index (χ3n) is 6.29. The van der Waals surface area contributed by atoms with E-state index in [9.17, 15) is 23.6 Å². The lowest BCUT2D eigenvalue weighted by atomic mass is 9.98. The fourth-order valence-electron chi connectivity index (χ4n) is 4.48. The van der Waals surface area contributed by atoms with Crippen molar-refractivity contribution in [2.75, 3.05) is 50.0 Å². The maximum atomic E-state index is 14.2. The molecule has 0 atom stereocenters. The summed E-state index contributed by atoms with van der Waals surface area (Å²) in [4.78, 5) is 52.7. The molecule has 3 aliphatic rings. The topological polar surface area (TPSA) is 120 Å². The van der Waals surface area contributed by atoms with Crippen LogP contribution in [0.1, 0.15) is 32.1 Å². The number of hydrogen-bond acceptors (Lipinski definition) is 6. The van der Waals surface area contributed by atoms with E-state index in [0.29, 0.717) is 32.6 Å². The van der Waals surface area contributed by atoms with Crippen molar-refractivity contribution in [1.82, 2.24) is 15.1 Å². The molecule has 178 valence electrons. The smallest absolute Gasteiger partial charge is 0.325 e. The van der Waals surface area contributed by atoms with Crippen molar-refractivity contribution >= 4 is 35.1 Å². The van der Waals surface area contributed by atoms with Crippen molar-refractivity contribution in [3.8, 4) is 0 Å². The predicted octanol–water partition coefficient (Wildman–Crippen LogP) is 1.29. The maximum Gasteiger partial charge on any atom is 0.325 e. The van der Waals surface area contributed by atoms with Crippen LogP contribution in [0.15, 0.2) is 18.2 Å². The zero-order valence-electron chi connectivity index (χ0n) is 18.3. The van der Waals surface area contributed by atoms with Gasteiger partial charge in [-0.2, -0.15) is 0 Å². The Morgan fingerprint density at radius 1 is 1.09 bits per heavy atom. The van der Waals surface area contributed by atoms with Gasteiger partial charge in [0.25, 0.3) is 5.91 Å². The molecule has 3 N–H and O–H groups in total. The van der Waals surface area contributed by atoms with Gasteiger partial charge >= 0.3 is 6.03 Å². The van der Waals surface area contributed by atoms with Crippen molar-refractivity contribution in [2.24, 2.45) is 0 Å². The zero-order valence-corrected chi connectivity index (χ0v) is 18.3. The molecule has 2 aliphatic heterocycles. The lowest BCUT2D eigenvalue weighted by Gasteiger charge is -2.26. The number of imide groups is 1. The number of anilines is 2. The summed E-state index contributed by atoms with van der Waals surface area (Å²) in [5.74, 6) is -1.95. The Kier molecular flexibility index (Phi) is 6.89. The molecule has 0 radical (unpaired) electrons. The fraction of sp³-hybridized carbons (Fsp3) is 0.545. The summed E-state index contributed by atoms with van der Waals surface area (Å²) >= 11 is 0. The Bertz CT molecular complexity index is 943. The largest absolute Gasteiger partial charge is 0.379 e. The Morgan fingerprint density at radius 2 is 1.82 bits per heavy atom. The normalized spacial score (nSPS) is 20.2. The van der Waals surface area contributed by atoms with E-state index >= 15 is 0 Å². The second-order valence-electron chi connectivity index (χ2n) is 8.61. The zero-order chi connectivity index (χ0) is 23.4. The lowest BCUT2D eigenvalue weighted by Crippen LogP contribution is -2.44. The molecule has 0 unspecified atom stereocenters. The minimum atomic E-state index is -0.883. The number of carbonyl (C=O) groups excluding carboxylic acids is 4. The van der Waals surface area contributed by atoms with Gasteiger partial charge in [0, 0.05) is 31.7 Å². The highest BCUT2D eigenvalue weighted by atomic mass is 19.1. The van der Waals surface area contributed by atoms with Gasteiger partial charge in [-0.25, -0.2) is 9.18 Å². The van der Waals surface area contributed by atoms with Crippen LogP contribution in [0.3, 0.4) is 0 Å². The second-order valence-corrected chi connectivity index (χ2v) is 8.61. The Labute approximate surface area is 190 Å². The molecular weight excluding hydrogens is 433 g/mol. The van der Waals surface area contributed by atoms with Crippen LogP contribution in [-0.2, 0) is 19.1 Å². The number of amides is 5. The average Bonchev–Trinajstić information content (AvgIpc) is 3.36. The third-order valence-corrected chi connectivity index (χ3v) is 6.29. The monoisotopic (exact) mass is 461 g/mol. The molecule has 10 nitrogen and oxygen atoms in total. The van der Waals surface area contributed by atoms with Crippen LogP contribution in [0.5, 0.6) is 0 Å². The molecule has 1 aromatic carbocycles. The molecule has 1 aromatic rings. The molecule has 0 aromatic heterocycles. The standard InChI is InChI=1S/C22H28FN5O5/c23-16-4-3-15(13-17(16)25-18(29)5-8-27-9-11-33-12-10-27)24-19(30)14-28-20(31)22(26-21(28)32)6-1-2-7-22/h3-4,13H,1-2,5-12,14H2,(H,24,30)(H,25,29)(H,26,32).